The number of hydrogen-bond donors (Lipinski definition) is 0. The third-order valence-electron chi connectivity index (χ3n) is 14.6. The molecule has 4 unspecified atom stereocenters. The van der Waals surface area contributed by atoms with Crippen LogP contribution in [0.4, 0.5) is 0 Å². The van der Waals surface area contributed by atoms with Gasteiger partial charge in [0.25, 0.3) is 0 Å². The Morgan fingerprint density at radius 2 is 0.947 bits per heavy atom. The Hall–Kier alpha value is 0.860. The Bertz CT molecular complexity index is 788. The van der Waals surface area contributed by atoms with Crippen LogP contribution in [0, 0.1) is 64.1 Å². The van der Waals surface area contributed by atoms with Crippen molar-refractivity contribution >= 4 is 17.2 Å². The smallest absolute Gasteiger partial charge is 0.000630 e. The Morgan fingerprint density at radius 1 is 0.605 bits per heavy atom. The quantitative estimate of drug-likeness (QED) is 0.295. The molecule has 0 nitrogen and oxygen atoms in total. The molecule has 0 saturated heterocycles. The summed E-state index contributed by atoms with van der Waals surface area (Å²) in [6, 6.07) is 0. The fourth-order valence-electron chi connectivity index (χ4n) is 14.5. The van der Waals surface area contributed by atoms with Crippen LogP contribution in [0.25, 0.3) is 0 Å². The van der Waals surface area contributed by atoms with E-state index in [1.54, 1.807) is 89.6 Å². The summed E-state index contributed by atoms with van der Waals surface area (Å²) in [7, 11) is 3.96. The fourth-order valence-corrected chi connectivity index (χ4v) is 19.8. The third-order valence-corrected chi connectivity index (χ3v) is 20.3. The maximum atomic E-state index is 3.99. The average Bonchev–Trinajstić information content (AvgIpc) is 3.13. The Kier molecular flexibility index (Phi) is 6.51. The maximum Gasteiger partial charge on any atom is -0.000630 e. The first-order chi connectivity index (χ1) is 17.7. The lowest BCUT2D eigenvalue weighted by Crippen LogP contribution is -2.69. The van der Waals surface area contributed by atoms with E-state index in [9.17, 15) is 0 Å². The number of hydrogen-bond acceptors (Lipinski definition) is 0. The number of rotatable bonds is 5. The topological polar surface area (TPSA) is 0 Å². The summed E-state index contributed by atoms with van der Waals surface area (Å²) in [5, 5.41) is 1.41. The van der Waals surface area contributed by atoms with E-state index < -0.39 is 0 Å². The van der Waals surface area contributed by atoms with Gasteiger partial charge in [-0.2, -0.15) is 0 Å². The van der Waals surface area contributed by atoms with Gasteiger partial charge in [-0.05, 0) is 169 Å². The van der Waals surface area contributed by atoms with E-state index in [4.69, 9.17) is 0 Å². The molecule has 2 heteroatoms. The van der Waals surface area contributed by atoms with Gasteiger partial charge >= 0.3 is 0 Å². The van der Waals surface area contributed by atoms with Crippen molar-refractivity contribution in [1.82, 2.24) is 0 Å². The van der Waals surface area contributed by atoms with Crippen LogP contribution in [0.5, 0.6) is 0 Å². The molecule has 0 heterocycles. The molecule has 9 aliphatic rings. The minimum absolute atomic E-state index is 0.0298. The molecule has 4 atom stereocenters. The van der Waals surface area contributed by atoms with Gasteiger partial charge in [0.15, 0.2) is 0 Å². The zero-order valence-electron chi connectivity index (χ0n) is 26.3. The highest BCUT2D eigenvalue weighted by Gasteiger charge is 2.71. The summed E-state index contributed by atoms with van der Waals surface area (Å²) in [5.41, 5.74) is 1.30. The summed E-state index contributed by atoms with van der Waals surface area (Å²) >= 11 is 0. The average molecular weight is 557 g/mol. The van der Waals surface area contributed by atoms with Gasteiger partial charge in [0.2, 0.25) is 0 Å². The zero-order chi connectivity index (χ0) is 26.9. The van der Waals surface area contributed by atoms with Gasteiger partial charge in [0.1, 0.15) is 0 Å². The molecule has 0 radical (unpaired) electrons. The Balaban J connectivity index is 1.34. The van der Waals surface area contributed by atoms with Gasteiger partial charge < -0.3 is 0 Å². The maximum absolute atomic E-state index is 3.99. The highest BCUT2D eigenvalue weighted by molar-refractivity contribution is 7.60. The van der Waals surface area contributed by atoms with Gasteiger partial charge in [-0.3, -0.25) is 0 Å². The minimum Gasteiger partial charge on any atom is -0.130 e. The molecule has 38 heavy (non-hydrogen) atoms. The van der Waals surface area contributed by atoms with Gasteiger partial charge in [0.05, 0.1) is 0 Å². The molecule has 9 aliphatic carbocycles. The van der Waals surface area contributed by atoms with Crippen molar-refractivity contribution in [2.45, 2.75) is 154 Å². The van der Waals surface area contributed by atoms with Gasteiger partial charge in [-0.25, -0.2) is 0 Å². The highest BCUT2D eigenvalue weighted by Crippen LogP contribution is 2.79. The van der Waals surface area contributed by atoms with Crippen LogP contribution in [0.1, 0.15) is 138 Å². The van der Waals surface area contributed by atoms with Crippen molar-refractivity contribution < 1.29 is 0 Å². The van der Waals surface area contributed by atoms with Crippen LogP contribution >= 0.6 is 17.2 Å². The van der Waals surface area contributed by atoms with Crippen LogP contribution < -0.4 is 0 Å². The molecule has 9 fully saturated rings. The van der Waals surface area contributed by atoms with E-state index in [0.717, 1.165) is 53.3 Å². The molecule has 9 saturated carbocycles. The van der Waals surface area contributed by atoms with Crippen molar-refractivity contribution in [3.8, 4) is 0 Å². The lowest BCUT2D eigenvalue weighted by atomic mass is 9.35. The molecule has 0 aromatic carbocycles. The predicted molar refractivity (Wildman–Crippen MR) is 170 cm³/mol. The molecular weight excluding hydrogens is 494 g/mol. The normalized spacial score (nSPS) is 51.2. The standard InChI is InChI=1S/C36H62P2/c1-23-8-9-31(30(23)22-38(32(2,3)4)33(5,6)7)36(37,34-16-24-10-25(17-34)12-26(11-24)18-34)35-19-27-13-28(20-35)15-29(14-27)21-35/h23-31H,8-22,37H2,1-7H3. The lowest BCUT2D eigenvalue weighted by Gasteiger charge is -2.74. The van der Waals surface area contributed by atoms with Gasteiger partial charge in [-0.1, -0.05) is 62.8 Å². The first kappa shape index (κ1) is 27.7. The Morgan fingerprint density at radius 3 is 1.26 bits per heavy atom. The SMILES string of the molecule is CC1CCC(C(P)(C23CC4CC(CC(C4)C2)C3)C23CC4CC(CC(C4)C2)C3)C1CP(C(C)(C)C)C(C)(C)C. The van der Waals surface area contributed by atoms with E-state index in [0.29, 0.717) is 26.3 Å². The molecular formula is C36H62P2. The van der Waals surface area contributed by atoms with E-state index in [1.165, 1.54) is 6.42 Å². The van der Waals surface area contributed by atoms with Crippen LogP contribution in [0.15, 0.2) is 0 Å². The van der Waals surface area contributed by atoms with Gasteiger partial charge in [-0.15, -0.1) is 9.24 Å². The first-order valence-corrected chi connectivity index (χ1v) is 19.4. The van der Waals surface area contributed by atoms with E-state index in [1.807, 2.05) is 0 Å². The molecule has 216 valence electrons. The molecule has 9 rings (SSSR count). The second-order valence-corrected chi connectivity index (χ2v) is 23.9. The molecule has 0 amide bonds. The predicted octanol–water partition coefficient (Wildman–Crippen LogP) is 10.8. The Labute approximate surface area is 240 Å². The molecule has 0 N–H and O–H groups in total. The van der Waals surface area contributed by atoms with Crippen molar-refractivity contribution in [3.63, 3.8) is 0 Å². The summed E-state index contributed by atoms with van der Waals surface area (Å²) < 4.78 is 0. The second kappa shape index (κ2) is 8.94. The van der Waals surface area contributed by atoms with Crippen LogP contribution in [-0.2, 0) is 0 Å². The van der Waals surface area contributed by atoms with E-state index in [-0.39, 0.29) is 7.92 Å². The second-order valence-electron chi connectivity index (χ2n) is 19.0. The monoisotopic (exact) mass is 556 g/mol. The summed E-state index contributed by atoms with van der Waals surface area (Å²) in [4.78, 5) is 0. The first-order valence-electron chi connectivity index (χ1n) is 17.3. The lowest BCUT2D eigenvalue weighted by molar-refractivity contribution is -0.173. The van der Waals surface area contributed by atoms with E-state index >= 15 is 0 Å². The van der Waals surface area contributed by atoms with Gasteiger partial charge in [0, 0.05) is 0 Å². The summed E-state index contributed by atoms with van der Waals surface area (Å²) in [6.07, 6.45) is 23.9. The fraction of sp³-hybridized carbons (Fsp3) is 1.00. The van der Waals surface area contributed by atoms with Crippen molar-refractivity contribution in [2.75, 3.05) is 6.16 Å². The molecule has 0 aromatic heterocycles. The van der Waals surface area contributed by atoms with Crippen molar-refractivity contribution in [2.24, 2.45) is 64.1 Å². The summed E-state index contributed by atoms with van der Waals surface area (Å²) in [5.74, 6) is 9.31. The van der Waals surface area contributed by atoms with Crippen LogP contribution in [0.3, 0.4) is 0 Å². The van der Waals surface area contributed by atoms with E-state index in [2.05, 4.69) is 57.7 Å². The third kappa shape index (κ3) is 4.07. The molecule has 0 spiro atoms. The minimum atomic E-state index is -0.0298. The van der Waals surface area contributed by atoms with Crippen molar-refractivity contribution in [1.29, 1.82) is 0 Å². The molecule has 0 aliphatic heterocycles. The zero-order valence-corrected chi connectivity index (χ0v) is 28.4. The van der Waals surface area contributed by atoms with Crippen LogP contribution in [-0.4, -0.2) is 21.6 Å². The largest absolute Gasteiger partial charge is 0.130 e. The summed E-state index contributed by atoms with van der Waals surface area (Å²) in [6.45, 7) is 18.2. The van der Waals surface area contributed by atoms with Crippen molar-refractivity contribution in [3.05, 3.63) is 0 Å². The molecule has 0 aromatic rings. The van der Waals surface area contributed by atoms with Crippen LogP contribution in [0.2, 0.25) is 0 Å². The molecule has 8 bridgehead atoms. The highest BCUT2D eigenvalue weighted by atomic mass is 31.1.